The molecule has 1 saturated heterocycles. The van der Waals surface area contributed by atoms with E-state index in [4.69, 9.17) is 5.11 Å². The number of carbonyl (C=O) groups is 2. The second-order valence-electron chi connectivity index (χ2n) is 6.50. The number of aliphatic carboxylic acids is 1. The van der Waals surface area contributed by atoms with Crippen LogP contribution in [-0.4, -0.2) is 41.0 Å². The molecule has 1 aliphatic heterocycles. The summed E-state index contributed by atoms with van der Waals surface area (Å²) in [4.78, 5) is 25.1. The lowest BCUT2D eigenvalue weighted by Crippen LogP contribution is -2.47. The largest absolute Gasteiger partial charge is 0.481 e. The van der Waals surface area contributed by atoms with Crippen molar-refractivity contribution in [2.75, 3.05) is 13.1 Å². The fraction of sp³-hybridized carbons (Fsp3) is 0.529. The number of hydrazine groups is 1. The first-order valence-corrected chi connectivity index (χ1v) is 8.14. The Balaban J connectivity index is 1.99. The van der Waals surface area contributed by atoms with Gasteiger partial charge in [0.1, 0.15) is 11.9 Å². The molecule has 0 aromatic heterocycles. The third kappa shape index (κ3) is 5.01. The van der Waals surface area contributed by atoms with Crippen LogP contribution in [0.3, 0.4) is 0 Å². The Morgan fingerprint density at radius 3 is 2.54 bits per heavy atom. The Labute approximate surface area is 141 Å². The highest BCUT2D eigenvalue weighted by molar-refractivity contribution is 5.82. The third-order valence-corrected chi connectivity index (χ3v) is 3.97. The lowest BCUT2D eigenvalue weighted by Gasteiger charge is -2.26. The number of nitrogens with zero attached hydrogens (tertiary/aromatic N) is 1. The van der Waals surface area contributed by atoms with Crippen LogP contribution in [0, 0.1) is 11.7 Å². The van der Waals surface area contributed by atoms with Crippen molar-refractivity contribution in [3.05, 3.63) is 35.6 Å². The molecule has 0 saturated carbocycles. The number of halogens is 1. The van der Waals surface area contributed by atoms with Crippen LogP contribution in [0.2, 0.25) is 0 Å². The number of rotatable bonds is 7. The van der Waals surface area contributed by atoms with Crippen molar-refractivity contribution < 1.29 is 19.1 Å². The summed E-state index contributed by atoms with van der Waals surface area (Å²) in [6.45, 7) is 4.70. The van der Waals surface area contributed by atoms with E-state index in [1.807, 2.05) is 13.8 Å². The van der Waals surface area contributed by atoms with Crippen LogP contribution in [0.4, 0.5) is 4.39 Å². The lowest BCUT2D eigenvalue weighted by molar-refractivity contribution is -0.139. The minimum atomic E-state index is -0.918. The summed E-state index contributed by atoms with van der Waals surface area (Å²) in [6.07, 6.45) is 0.464. The van der Waals surface area contributed by atoms with E-state index in [-0.39, 0.29) is 36.6 Å². The van der Waals surface area contributed by atoms with Crippen molar-refractivity contribution in [2.24, 2.45) is 5.92 Å². The predicted octanol–water partition coefficient (Wildman–Crippen LogP) is 1.69. The van der Waals surface area contributed by atoms with Crippen LogP contribution in [0.25, 0.3) is 0 Å². The third-order valence-electron chi connectivity index (χ3n) is 3.97. The van der Waals surface area contributed by atoms with E-state index < -0.39 is 12.0 Å². The van der Waals surface area contributed by atoms with Crippen LogP contribution < -0.4 is 10.9 Å². The molecule has 0 aliphatic carbocycles. The van der Waals surface area contributed by atoms with Gasteiger partial charge in [0.2, 0.25) is 5.91 Å². The molecule has 2 rings (SSSR count). The van der Waals surface area contributed by atoms with Gasteiger partial charge in [0, 0.05) is 19.1 Å². The number of carbonyl (C=O) groups excluding carboxylic acids is 1. The first-order chi connectivity index (χ1) is 11.4. The first kappa shape index (κ1) is 18.4. The smallest absolute Gasteiger partial charge is 0.305 e. The average Bonchev–Trinajstić information content (AvgIpc) is 3.01. The molecule has 0 radical (unpaired) electrons. The van der Waals surface area contributed by atoms with Crippen molar-refractivity contribution in [2.45, 2.75) is 38.8 Å². The van der Waals surface area contributed by atoms with Crippen molar-refractivity contribution in [1.29, 1.82) is 0 Å². The van der Waals surface area contributed by atoms with E-state index in [9.17, 15) is 14.0 Å². The first-order valence-electron chi connectivity index (χ1n) is 8.14. The monoisotopic (exact) mass is 337 g/mol. The van der Waals surface area contributed by atoms with Gasteiger partial charge >= 0.3 is 5.97 Å². The molecule has 1 aromatic rings. The number of hydrogen-bond acceptors (Lipinski definition) is 4. The quantitative estimate of drug-likeness (QED) is 0.705. The minimum absolute atomic E-state index is 0.0694. The summed E-state index contributed by atoms with van der Waals surface area (Å²) in [7, 11) is 0. The van der Waals surface area contributed by atoms with Crippen LogP contribution in [0.5, 0.6) is 0 Å². The van der Waals surface area contributed by atoms with Gasteiger partial charge in [-0.05, 0) is 30.0 Å². The summed E-state index contributed by atoms with van der Waals surface area (Å²) in [5.41, 5.74) is 6.94. The van der Waals surface area contributed by atoms with E-state index in [0.717, 1.165) is 5.56 Å². The fourth-order valence-corrected chi connectivity index (χ4v) is 2.82. The van der Waals surface area contributed by atoms with Gasteiger partial charge in [-0.1, -0.05) is 26.0 Å². The van der Waals surface area contributed by atoms with E-state index in [1.165, 1.54) is 12.1 Å². The normalized spacial score (nSPS) is 20.3. The van der Waals surface area contributed by atoms with Crippen molar-refractivity contribution in [3.8, 4) is 0 Å². The fourth-order valence-electron chi connectivity index (χ4n) is 2.82. The molecular weight excluding hydrogens is 313 g/mol. The highest BCUT2D eigenvalue weighted by Crippen LogP contribution is 2.23. The van der Waals surface area contributed by atoms with Gasteiger partial charge < -0.3 is 10.0 Å². The maximum atomic E-state index is 13.0. The number of benzene rings is 1. The Morgan fingerprint density at radius 2 is 1.96 bits per heavy atom. The average molecular weight is 337 g/mol. The lowest BCUT2D eigenvalue weighted by atomic mass is 10.0. The Morgan fingerprint density at radius 1 is 1.29 bits per heavy atom. The molecular formula is C17H24FN3O3. The number of carboxylic acids is 1. The van der Waals surface area contributed by atoms with Crippen molar-refractivity contribution in [1.82, 2.24) is 15.8 Å². The van der Waals surface area contributed by atoms with Crippen LogP contribution in [0.15, 0.2) is 24.3 Å². The van der Waals surface area contributed by atoms with Gasteiger partial charge in [-0.25, -0.2) is 15.2 Å². The second kappa shape index (κ2) is 8.21. The van der Waals surface area contributed by atoms with Gasteiger partial charge in [-0.3, -0.25) is 9.59 Å². The van der Waals surface area contributed by atoms with Crippen molar-refractivity contribution >= 4 is 11.9 Å². The van der Waals surface area contributed by atoms with Gasteiger partial charge in [0.15, 0.2) is 0 Å². The van der Waals surface area contributed by atoms with Crippen LogP contribution >= 0.6 is 0 Å². The van der Waals surface area contributed by atoms with Gasteiger partial charge in [-0.2, -0.15) is 0 Å². The summed E-state index contributed by atoms with van der Waals surface area (Å²) in [5, 5.41) is 8.86. The van der Waals surface area contributed by atoms with Crippen molar-refractivity contribution in [3.63, 3.8) is 0 Å². The van der Waals surface area contributed by atoms with E-state index in [1.54, 1.807) is 17.0 Å². The zero-order valence-electron chi connectivity index (χ0n) is 14.0. The number of nitrogens with one attached hydrogen (secondary N) is 2. The molecule has 1 aliphatic rings. The standard InChI is InChI=1S/C17H24FN3O3/c1-11(2)10-21(8-7-16(22)23)17(24)15-9-14(19-20-15)12-3-5-13(18)6-4-12/h3-6,11,14-15,19-20H,7-10H2,1-2H3,(H,22,23). The molecule has 2 atom stereocenters. The van der Waals surface area contributed by atoms with E-state index in [2.05, 4.69) is 10.9 Å². The van der Waals surface area contributed by atoms with E-state index >= 15 is 0 Å². The Kier molecular flexibility index (Phi) is 6.28. The minimum Gasteiger partial charge on any atom is -0.481 e. The summed E-state index contributed by atoms with van der Waals surface area (Å²) in [5.74, 6) is -1.07. The Bertz CT molecular complexity index is 577. The highest BCUT2D eigenvalue weighted by Gasteiger charge is 2.33. The molecule has 3 N–H and O–H groups in total. The molecule has 6 nitrogen and oxygen atoms in total. The topological polar surface area (TPSA) is 81.7 Å². The van der Waals surface area contributed by atoms with Gasteiger partial charge in [-0.15, -0.1) is 0 Å². The Hall–Kier alpha value is -1.99. The SMILES string of the molecule is CC(C)CN(CCC(=O)O)C(=O)C1CC(c2ccc(F)cc2)NN1. The molecule has 0 bridgehead atoms. The molecule has 1 fully saturated rings. The maximum Gasteiger partial charge on any atom is 0.305 e. The molecule has 7 heteroatoms. The number of amides is 1. The molecule has 1 heterocycles. The van der Waals surface area contributed by atoms with Crippen LogP contribution in [-0.2, 0) is 9.59 Å². The van der Waals surface area contributed by atoms with Crippen LogP contribution in [0.1, 0.15) is 38.3 Å². The highest BCUT2D eigenvalue weighted by atomic mass is 19.1. The number of carboxylic acid groups (broad SMARTS) is 1. The van der Waals surface area contributed by atoms with Gasteiger partial charge in [0.05, 0.1) is 6.42 Å². The maximum absolute atomic E-state index is 13.0. The van der Waals surface area contributed by atoms with Gasteiger partial charge in [0.25, 0.3) is 0 Å². The molecule has 2 unspecified atom stereocenters. The summed E-state index contributed by atoms with van der Waals surface area (Å²) in [6, 6.07) is 5.66. The molecule has 132 valence electrons. The number of hydrogen-bond donors (Lipinski definition) is 3. The molecule has 1 aromatic carbocycles. The zero-order chi connectivity index (χ0) is 17.7. The predicted molar refractivity (Wildman–Crippen MR) is 87.5 cm³/mol. The molecule has 24 heavy (non-hydrogen) atoms. The summed E-state index contributed by atoms with van der Waals surface area (Å²) >= 11 is 0. The zero-order valence-corrected chi connectivity index (χ0v) is 14.0. The summed E-state index contributed by atoms with van der Waals surface area (Å²) < 4.78 is 13.0. The molecule has 0 spiro atoms. The molecule has 1 amide bonds. The second-order valence-corrected chi connectivity index (χ2v) is 6.50. The van der Waals surface area contributed by atoms with E-state index in [0.29, 0.717) is 13.0 Å².